The summed E-state index contributed by atoms with van der Waals surface area (Å²) in [4.78, 5) is 0.977. The second-order valence-electron chi connectivity index (χ2n) is 6.56. The zero-order valence-corrected chi connectivity index (χ0v) is 13.5. The molecule has 3 heterocycles. The van der Waals surface area contributed by atoms with Gasteiger partial charge < -0.3 is 5.32 Å². The summed E-state index contributed by atoms with van der Waals surface area (Å²) in [5.41, 5.74) is 0.217. The van der Waals surface area contributed by atoms with Crippen LogP contribution in [0.2, 0.25) is 0 Å². The topological polar surface area (TPSA) is 55.1 Å². The van der Waals surface area contributed by atoms with Crippen LogP contribution in [0.1, 0.15) is 68.6 Å². The predicted octanol–water partition coefficient (Wildman–Crippen LogP) is 2.87. The van der Waals surface area contributed by atoms with Crippen LogP contribution in [0, 0.1) is 0 Å². The third kappa shape index (κ3) is 2.19. The molecular weight excluding hydrogens is 282 g/mol. The fraction of sp³-hybridized carbons (Fsp3) is 0.800. The summed E-state index contributed by atoms with van der Waals surface area (Å²) in [6.45, 7) is 4.42. The summed E-state index contributed by atoms with van der Waals surface area (Å²) in [5, 5.41) is 18.5. The monoisotopic (exact) mass is 305 g/mol. The van der Waals surface area contributed by atoms with Crippen LogP contribution in [-0.4, -0.2) is 32.9 Å². The van der Waals surface area contributed by atoms with Gasteiger partial charge in [0.2, 0.25) is 4.96 Å². The molecule has 1 saturated heterocycles. The minimum atomic E-state index is 0.217. The Morgan fingerprint density at radius 3 is 2.86 bits per heavy atom. The molecule has 1 unspecified atom stereocenters. The van der Waals surface area contributed by atoms with Gasteiger partial charge in [-0.25, -0.2) is 0 Å². The maximum absolute atomic E-state index is 4.94. The van der Waals surface area contributed by atoms with Crippen molar-refractivity contribution in [1.82, 2.24) is 25.1 Å². The van der Waals surface area contributed by atoms with Crippen molar-refractivity contribution in [2.75, 3.05) is 13.1 Å². The van der Waals surface area contributed by atoms with E-state index in [9.17, 15) is 0 Å². The summed E-state index contributed by atoms with van der Waals surface area (Å²) in [5.74, 6) is 1.66. The molecule has 0 radical (unpaired) electrons. The van der Waals surface area contributed by atoms with Crippen molar-refractivity contribution in [3.8, 4) is 0 Å². The van der Waals surface area contributed by atoms with Gasteiger partial charge in [0.15, 0.2) is 5.82 Å². The second-order valence-corrected chi connectivity index (χ2v) is 7.51. The van der Waals surface area contributed by atoms with Crippen LogP contribution in [0.15, 0.2) is 0 Å². The van der Waals surface area contributed by atoms with Crippen molar-refractivity contribution in [1.29, 1.82) is 0 Å². The van der Waals surface area contributed by atoms with Crippen molar-refractivity contribution >= 4 is 16.3 Å². The standard InChI is InChI=1S/C15H23N5S/c1-2-15(8-9-16-10-15)13-19-20-12(17-18-14(20)21-13)11-6-4-3-5-7-11/h11,16H,2-10H2,1H3. The zero-order valence-electron chi connectivity index (χ0n) is 12.6. The fourth-order valence-corrected chi connectivity index (χ4v) is 4.97. The highest BCUT2D eigenvalue weighted by atomic mass is 32.1. The molecule has 2 aromatic rings. The molecule has 2 aliphatic rings. The van der Waals surface area contributed by atoms with Crippen molar-refractivity contribution < 1.29 is 0 Å². The number of nitrogens with zero attached hydrogens (tertiary/aromatic N) is 4. The predicted molar refractivity (Wildman–Crippen MR) is 83.9 cm³/mol. The smallest absolute Gasteiger partial charge is 0.234 e. The first kappa shape index (κ1) is 13.6. The molecule has 1 N–H and O–H groups in total. The summed E-state index contributed by atoms with van der Waals surface area (Å²) < 4.78 is 2.05. The van der Waals surface area contributed by atoms with Gasteiger partial charge in [-0.1, -0.05) is 37.5 Å². The molecule has 0 amide bonds. The third-order valence-electron chi connectivity index (χ3n) is 5.36. The fourth-order valence-electron chi connectivity index (χ4n) is 3.84. The van der Waals surface area contributed by atoms with E-state index in [1.807, 2.05) is 4.52 Å². The van der Waals surface area contributed by atoms with E-state index in [0.29, 0.717) is 5.92 Å². The molecule has 1 aliphatic carbocycles. The first-order chi connectivity index (χ1) is 10.3. The lowest BCUT2D eigenvalue weighted by molar-refractivity contribution is 0.417. The van der Waals surface area contributed by atoms with Crippen molar-refractivity contribution in [3.05, 3.63) is 10.8 Å². The first-order valence-electron chi connectivity index (χ1n) is 8.26. The molecule has 6 heteroatoms. The molecular formula is C15H23N5S. The average Bonchev–Trinajstić information content (AvgIpc) is 3.23. The van der Waals surface area contributed by atoms with E-state index in [4.69, 9.17) is 5.10 Å². The Kier molecular flexibility index (Phi) is 3.46. The van der Waals surface area contributed by atoms with Gasteiger partial charge in [0.05, 0.1) is 0 Å². The van der Waals surface area contributed by atoms with Crippen molar-refractivity contribution in [3.63, 3.8) is 0 Å². The normalized spacial score (nSPS) is 27.7. The molecule has 2 aromatic heterocycles. The van der Waals surface area contributed by atoms with Crippen LogP contribution in [0.25, 0.3) is 4.96 Å². The highest BCUT2D eigenvalue weighted by molar-refractivity contribution is 7.16. The van der Waals surface area contributed by atoms with Crippen LogP contribution in [0.5, 0.6) is 0 Å². The van der Waals surface area contributed by atoms with Gasteiger partial charge >= 0.3 is 0 Å². The van der Waals surface area contributed by atoms with Gasteiger partial charge in [0, 0.05) is 17.9 Å². The van der Waals surface area contributed by atoms with E-state index >= 15 is 0 Å². The van der Waals surface area contributed by atoms with Crippen LogP contribution in [0.3, 0.4) is 0 Å². The van der Waals surface area contributed by atoms with Gasteiger partial charge in [-0.3, -0.25) is 0 Å². The van der Waals surface area contributed by atoms with Gasteiger partial charge in [-0.15, -0.1) is 10.2 Å². The number of fused-ring (bicyclic) bond motifs is 1. The summed E-state index contributed by atoms with van der Waals surface area (Å²) in [7, 11) is 0. The van der Waals surface area contributed by atoms with E-state index in [1.165, 1.54) is 43.5 Å². The molecule has 114 valence electrons. The Labute approximate surface area is 129 Å². The van der Waals surface area contributed by atoms with Gasteiger partial charge in [0.25, 0.3) is 0 Å². The second kappa shape index (κ2) is 5.32. The highest BCUT2D eigenvalue weighted by Crippen LogP contribution is 2.38. The molecule has 0 aromatic carbocycles. The number of aromatic nitrogens is 4. The maximum atomic E-state index is 4.94. The Morgan fingerprint density at radius 1 is 1.29 bits per heavy atom. The SMILES string of the molecule is CCC1(c2nn3c(C4CCCCC4)nnc3s2)CCNC1. The number of hydrogen-bond acceptors (Lipinski definition) is 5. The van der Waals surface area contributed by atoms with Crippen LogP contribution < -0.4 is 5.32 Å². The summed E-state index contributed by atoms with van der Waals surface area (Å²) in [6.07, 6.45) is 8.82. The molecule has 0 bridgehead atoms. The Bertz CT molecular complexity index is 619. The Morgan fingerprint density at radius 2 is 2.14 bits per heavy atom. The van der Waals surface area contributed by atoms with Crippen LogP contribution >= 0.6 is 11.3 Å². The summed E-state index contributed by atoms with van der Waals surface area (Å²) in [6, 6.07) is 0. The van der Waals surface area contributed by atoms with Crippen molar-refractivity contribution in [2.24, 2.45) is 0 Å². The molecule has 0 spiro atoms. The number of hydrogen-bond donors (Lipinski definition) is 1. The van der Waals surface area contributed by atoms with E-state index in [-0.39, 0.29) is 5.41 Å². The molecule has 1 aliphatic heterocycles. The molecule has 5 nitrogen and oxygen atoms in total. The molecule has 4 rings (SSSR count). The third-order valence-corrected chi connectivity index (χ3v) is 6.50. The minimum Gasteiger partial charge on any atom is -0.316 e. The lowest BCUT2D eigenvalue weighted by Crippen LogP contribution is -2.28. The lowest BCUT2D eigenvalue weighted by atomic mass is 9.85. The van der Waals surface area contributed by atoms with Gasteiger partial charge in [0.1, 0.15) is 5.01 Å². The van der Waals surface area contributed by atoms with E-state index in [1.54, 1.807) is 11.3 Å². The van der Waals surface area contributed by atoms with Crippen LogP contribution in [-0.2, 0) is 5.41 Å². The van der Waals surface area contributed by atoms with Crippen molar-refractivity contribution in [2.45, 2.75) is 63.2 Å². The number of rotatable bonds is 3. The lowest BCUT2D eigenvalue weighted by Gasteiger charge is -2.23. The quantitative estimate of drug-likeness (QED) is 0.947. The first-order valence-corrected chi connectivity index (χ1v) is 9.07. The van der Waals surface area contributed by atoms with E-state index in [2.05, 4.69) is 22.4 Å². The van der Waals surface area contributed by atoms with E-state index < -0.39 is 0 Å². The number of nitrogens with one attached hydrogen (secondary N) is 1. The summed E-state index contributed by atoms with van der Waals surface area (Å²) >= 11 is 1.74. The Balaban J connectivity index is 1.71. The molecule has 1 saturated carbocycles. The average molecular weight is 305 g/mol. The molecule has 21 heavy (non-hydrogen) atoms. The minimum absolute atomic E-state index is 0.217. The van der Waals surface area contributed by atoms with Crippen LogP contribution in [0.4, 0.5) is 0 Å². The zero-order chi connectivity index (χ0) is 14.3. The largest absolute Gasteiger partial charge is 0.316 e. The molecule has 1 atom stereocenters. The maximum Gasteiger partial charge on any atom is 0.234 e. The Hall–Kier alpha value is -1.01. The highest BCUT2D eigenvalue weighted by Gasteiger charge is 2.38. The van der Waals surface area contributed by atoms with Gasteiger partial charge in [-0.2, -0.15) is 9.61 Å². The molecule has 2 fully saturated rings. The van der Waals surface area contributed by atoms with Gasteiger partial charge in [-0.05, 0) is 32.2 Å². The van der Waals surface area contributed by atoms with E-state index in [0.717, 1.165) is 30.3 Å².